The summed E-state index contributed by atoms with van der Waals surface area (Å²) in [5.41, 5.74) is 4.25. The van der Waals surface area contributed by atoms with Gasteiger partial charge in [-0.05, 0) is 35.1 Å². The number of carbonyl (C=O) groups excluding carboxylic acids is 1. The predicted molar refractivity (Wildman–Crippen MR) is 103 cm³/mol. The summed E-state index contributed by atoms with van der Waals surface area (Å²) in [5, 5.41) is 15.5. The van der Waals surface area contributed by atoms with Gasteiger partial charge in [0, 0.05) is 23.4 Å². The lowest BCUT2D eigenvalue weighted by atomic mass is 9.68. The minimum absolute atomic E-state index is 0.0589. The Balaban J connectivity index is 1.99. The van der Waals surface area contributed by atoms with Crippen LogP contribution in [0, 0.1) is 16.7 Å². The lowest BCUT2D eigenvalue weighted by Crippen LogP contribution is -2.36. The van der Waals surface area contributed by atoms with Crippen molar-refractivity contribution in [1.29, 1.82) is 5.26 Å². The Labute approximate surface area is 154 Å². The Morgan fingerprint density at radius 2 is 1.85 bits per heavy atom. The number of fused-ring (bicyclic) bond motifs is 1. The van der Waals surface area contributed by atoms with Crippen molar-refractivity contribution < 1.29 is 4.79 Å². The highest BCUT2D eigenvalue weighted by Gasteiger charge is 2.41. The summed E-state index contributed by atoms with van der Waals surface area (Å²) < 4.78 is 0. The Kier molecular flexibility index (Phi) is 3.73. The predicted octanol–water partition coefficient (Wildman–Crippen LogP) is 4.97. The highest BCUT2D eigenvalue weighted by Crippen LogP contribution is 2.47. The van der Waals surface area contributed by atoms with Crippen LogP contribution in [0.15, 0.2) is 65.0 Å². The SMILES string of the molecule is CC1=C(C#N)[C@H](c2cccc3ccccc23)C2=C(CC(C)(C)CC2=O)N1. The van der Waals surface area contributed by atoms with E-state index in [0.717, 1.165) is 39.7 Å². The van der Waals surface area contributed by atoms with Crippen LogP contribution in [0.2, 0.25) is 0 Å². The zero-order chi connectivity index (χ0) is 18.5. The summed E-state index contributed by atoms with van der Waals surface area (Å²) in [4.78, 5) is 13.1. The van der Waals surface area contributed by atoms with E-state index < -0.39 is 0 Å². The van der Waals surface area contributed by atoms with Crippen molar-refractivity contribution in [1.82, 2.24) is 5.32 Å². The first-order valence-corrected chi connectivity index (χ1v) is 9.03. The third kappa shape index (κ3) is 2.54. The zero-order valence-corrected chi connectivity index (χ0v) is 15.4. The standard InChI is InChI=1S/C23H22N2O/c1-14-18(13-24)21(17-10-6-8-15-7-4-5-9-16(15)17)22-19(25-14)11-23(2,3)12-20(22)26/h4-10,21,25H,11-12H2,1-3H3/t21-/m0/s1. The number of nitriles is 1. The maximum Gasteiger partial charge on any atom is 0.162 e. The second kappa shape index (κ2) is 5.85. The van der Waals surface area contributed by atoms with Crippen molar-refractivity contribution in [2.24, 2.45) is 5.41 Å². The van der Waals surface area contributed by atoms with Gasteiger partial charge in [-0.25, -0.2) is 0 Å². The van der Waals surface area contributed by atoms with Crippen LogP contribution in [0.5, 0.6) is 0 Å². The zero-order valence-electron chi connectivity index (χ0n) is 15.4. The van der Waals surface area contributed by atoms with Crippen molar-refractivity contribution in [2.45, 2.75) is 39.5 Å². The van der Waals surface area contributed by atoms with Gasteiger partial charge in [0.25, 0.3) is 0 Å². The highest BCUT2D eigenvalue weighted by molar-refractivity contribution is 6.01. The average molecular weight is 342 g/mol. The maximum absolute atomic E-state index is 13.1. The Morgan fingerprint density at radius 3 is 2.62 bits per heavy atom. The molecule has 3 nitrogen and oxygen atoms in total. The lowest BCUT2D eigenvalue weighted by Gasteiger charge is -2.39. The van der Waals surface area contributed by atoms with Crippen LogP contribution in [0.25, 0.3) is 10.8 Å². The van der Waals surface area contributed by atoms with Gasteiger partial charge in [-0.1, -0.05) is 56.3 Å². The summed E-state index contributed by atoms with van der Waals surface area (Å²) in [5.74, 6) is -0.132. The molecule has 0 saturated carbocycles. The first-order chi connectivity index (χ1) is 12.4. The van der Waals surface area contributed by atoms with E-state index in [1.54, 1.807) is 0 Å². The number of rotatable bonds is 1. The van der Waals surface area contributed by atoms with Crippen molar-refractivity contribution >= 4 is 16.6 Å². The summed E-state index contributed by atoms with van der Waals surface area (Å²) in [7, 11) is 0. The fourth-order valence-electron chi connectivity index (χ4n) is 4.40. The number of dihydropyridines is 1. The minimum Gasteiger partial charge on any atom is -0.361 e. The molecular weight excluding hydrogens is 320 g/mol. The number of Topliss-reactive ketones (excluding diaryl/α,β-unsaturated/α-hetero) is 1. The van der Waals surface area contributed by atoms with E-state index in [-0.39, 0.29) is 17.1 Å². The molecule has 1 heterocycles. The molecule has 0 bridgehead atoms. The quantitative estimate of drug-likeness (QED) is 0.796. The Morgan fingerprint density at radius 1 is 1.12 bits per heavy atom. The molecule has 0 unspecified atom stereocenters. The molecule has 3 heteroatoms. The first-order valence-electron chi connectivity index (χ1n) is 9.03. The van der Waals surface area contributed by atoms with E-state index >= 15 is 0 Å². The largest absolute Gasteiger partial charge is 0.361 e. The van der Waals surface area contributed by atoms with Crippen LogP contribution in [0.3, 0.4) is 0 Å². The molecule has 0 aromatic heterocycles. The third-order valence-electron chi connectivity index (χ3n) is 5.49. The number of ketones is 1. The van der Waals surface area contributed by atoms with E-state index in [1.165, 1.54) is 0 Å². The number of carbonyl (C=O) groups is 1. The number of benzene rings is 2. The van der Waals surface area contributed by atoms with Crippen LogP contribution in [0.4, 0.5) is 0 Å². The molecule has 1 aliphatic heterocycles. The number of nitrogens with zero attached hydrogens (tertiary/aromatic N) is 1. The number of hydrogen-bond acceptors (Lipinski definition) is 3. The molecule has 2 aromatic carbocycles. The Bertz CT molecular complexity index is 1030. The van der Waals surface area contributed by atoms with Gasteiger partial charge in [-0.2, -0.15) is 5.26 Å². The van der Waals surface area contributed by atoms with E-state index in [1.807, 2.05) is 25.1 Å². The lowest BCUT2D eigenvalue weighted by molar-refractivity contribution is -0.118. The first kappa shape index (κ1) is 16.6. The molecule has 0 spiro atoms. The van der Waals surface area contributed by atoms with Crippen molar-refractivity contribution in [2.75, 3.05) is 0 Å². The summed E-state index contributed by atoms with van der Waals surface area (Å²) in [6.07, 6.45) is 1.35. The molecule has 1 aliphatic carbocycles. The molecule has 0 saturated heterocycles. The molecule has 2 aliphatic rings. The van der Waals surface area contributed by atoms with Gasteiger partial charge in [0.2, 0.25) is 0 Å². The maximum atomic E-state index is 13.1. The van der Waals surface area contributed by atoms with E-state index in [2.05, 4.69) is 49.5 Å². The van der Waals surface area contributed by atoms with Crippen LogP contribution in [0.1, 0.15) is 45.1 Å². The van der Waals surface area contributed by atoms with Gasteiger partial charge in [0.1, 0.15) is 0 Å². The van der Waals surface area contributed by atoms with Crippen LogP contribution in [-0.4, -0.2) is 5.78 Å². The van der Waals surface area contributed by atoms with E-state index in [0.29, 0.717) is 12.0 Å². The molecule has 130 valence electrons. The number of nitrogens with one attached hydrogen (secondary N) is 1. The molecule has 1 atom stereocenters. The molecule has 0 radical (unpaired) electrons. The van der Waals surface area contributed by atoms with E-state index in [4.69, 9.17) is 0 Å². The van der Waals surface area contributed by atoms with Gasteiger partial charge in [0.05, 0.1) is 17.6 Å². The normalized spacial score (nSPS) is 22.1. The average Bonchev–Trinajstić information content (AvgIpc) is 2.59. The molecule has 0 amide bonds. The van der Waals surface area contributed by atoms with Gasteiger partial charge >= 0.3 is 0 Å². The fraction of sp³-hybridized carbons (Fsp3) is 0.304. The second-order valence-corrected chi connectivity index (χ2v) is 8.11. The van der Waals surface area contributed by atoms with Gasteiger partial charge in [-0.15, -0.1) is 0 Å². The van der Waals surface area contributed by atoms with Crippen LogP contribution in [-0.2, 0) is 4.79 Å². The highest BCUT2D eigenvalue weighted by atomic mass is 16.1. The van der Waals surface area contributed by atoms with Gasteiger partial charge in [0.15, 0.2) is 5.78 Å². The summed E-state index contributed by atoms with van der Waals surface area (Å²) in [6.45, 7) is 6.19. The number of allylic oxidation sites excluding steroid dienone is 4. The van der Waals surface area contributed by atoms with Crippen molar-refractivity contribution in [3.63, 3.8) is 0 Å². The van der Waals surface area contributed by atoms with Crippen molar-refractivity contribution in [3.05, 3.63) is 70.6 Å². The third-order valence-corrected chi connectivity index (χ3v) is 5.49. The summed E-state index contributed by atoms with van der Waals surface area (Å²) >= 11 is 0. The molecule has 1 N–H and O–H groups in total. The molecule has 2 aromatic rings. The molecular formula is C23H22N2O. The number of hydrogen-bond donors (Lipinski definition) is 1. The van der Waals surface area contributed by atoms with Crippen LogP contribution >= 0.6 is 0 Å². The topological polar surface area (TPSA) is 52.9 Å². The van der Waals surface area contributed by atoms with E-state index in [9.17, 15) is 10.1 Å². The van der Waals surface area contributed by atoms with Crippen LogP contribution < -0.4 is 5.32 Å². The Hall–Kier alpha value is -2.86. The molecule has 0 fully saturated rings. The smallest absolute Gasteiger partial charge is 0.162 e. The summed E-state index contributed by atoms with van der Waals surface area (Å²) in [6, 6.07) is 16.7. The minimum atomic E-state index is -0.286. The molecule has 26 heavy (non-hydrogen) atoms. The van der Waals surface area contributed by atoms with Gasteiger partial charge in [-0.3, -0.25) is 4.79 Å². The van der Waals surface area contributed by atoms with Gasteiger partial charge < -0.3 is 5.32 Å². The van der Waals surface area contributed by atoms with Crippen molar-refractivity contribution in [3.8, 4) is 6.07 Å². The fourth-order valence-corrected chi connectivity index (χ4v) is 4.40. The second-order valence-electron chi connectivity index (χ2n) is 8.11. The molecule has 4 rings (SSSR count). The monoisotopic (exact) mass is 342 g/mol.